The molecule has 68 valence electrons. The van der Waals surface area contributed by atoms with Gasteiger partial charge in [-0.1, -0.05) is 12.2 Å². The van der Waals surface area contributed by atoms with Gasteiger partial charge in [0.15, 0.2) is 0 Å². The van der Waals surface area contributed by atoms with Crippen molar-refractivity contribution in [3.05, 3.63) is 88.1 Å². The predicted octanol–water partition coefficient (Wildman–Crippen LogP) is 3.31. The van der Waals surface area contributed by atoms with E-state index < -0.39 is 0 Å². The van der Waals surface area contributed by atoms with Crippen molar-refractivity contribution in [3.8, 4) is 0 Å². The van der Waals surface area contributed by atoms with E-state index in [1.165, 1.54) is 0 Å². The van der Waals surface area contributed by atoms with Gasteiger partial charge >= 0.3 is 0 Å². The summed E-state index contributed by atoms with van der Waals surface area (Å²) in [5.41, 5.74) is 14.1. The minimum atomic E-state index is 1.10. The van der Waals surface area contributed by atoms with E-state index in [0.717, 1.165) is 22.3 Å². The van der Waals surface area contributed by atoms with Crippen LogP contribution in [0.25, 0.3) is 0 Å². The lowest BCUT2D eigenvalue weighted by Crippen LogP contribution is -1.74. The lowest BCUT2D eigenvalue weighted by Gasteiger charge is -1.90. The zero-order valence-electron chi connectivity index (χ0n) is 8.12. The second-order valence-electron chi connectivity index (χ2n) is 3.45. The van der Waals surface area contributed by atoms with Crippen molar-refractivity contribution >= 4 is 0 Å². The zero-order valence-corrected chi connectivity index (χ0v) is 8.12. The van der Waals surface area contributed by atoms with Gasteiger partial charge in [0.25, 0.3) is 0 Å². The summed E-state index contributed by atoms with van der Waals surface area (Å²) < 4.78 is 0. The highest BCUT2D eigenvalue weighted by molar-refractivity contribution is 5.60. The lowest BCUT2D eigenvalue weighted by molar-refractivity contribution is 1.62. The lowest BCUT2D eigenvalue weighted by atomic mass is 10.1. The zero-order chi connectivity index (χ0) is 10.1. The van der Waals surface area contributed by atoms with Gasteiger partial charge in [-0.25, -0.2) is 0 Å². The minimum Gasteiger partial charge on any atom is -0.112 e. The Morgan fingerprint density at radius 2 is 1.13 bits per heavy atom. The molecule has 0 aromatic carbocycles. The van der Waals surface area contributed by atoms with E-state index in [1.54, 1.807) is 0 Å². The van der Waals surface area contributed by atoms with Crippen molar-refractivity contribution < 1.29 is 0 Å². The summed E-state index contributed by atoms with van der Waals surface area (Å²) >= 11 is 0. The van der Waals surface area contributed by atoms with Gasteiger partial charge < -0.3 is 0 Å². The number of hydrogen-bond acceptors (Lipinski definition) is 0. The molecule has 0 saturated heterocycles. The first-order chi connectivity index (χ1) is 7.43. The third-order valence-corrected chi connectivity index (χ3v) is 2.46. The summed E-state index contributed by atoms with van der Waals surface area (Å²) in [5.74, 6) is 0. The van der Waals surface area contributed by atoms with Gasteiger partial charge in [0.1, 0.15) is 0 Å². The normalized spacial score (nSPS) is 19.7. The Morgan fingerprint density at radius 3 is 1.53 bits per heavy atom. The van der Waals surface area contributed by atoms with Crippen LogP contribution in [-0.2, 0) is 0 Å². The van der Waals surface area contributed by atoms with Gasteiger partial charge in [-0.2, -0.15) is 0 Å². The van der Waals surface area contributed by atoms with Crippen molar-refractivity contribution in [2.45, 2.75) is 0 Å². The first-order valence-corrected chi connectivity index (χ1v) is 4.90. The maximum atomic E-state index is 3.36. The molecule has 0 heteroatoms. The molecule has 3 aliphatic rings. The molecule has 0 spiro atoms. The van der Waals surface area contributed by atoms with Gasteiger partial charge in [0.05, 0.1) is 0 Å². The van der Waals surface area contributed by atoms with Crippen molar-refractivity contribution in [1.29, 1.82) is 0 Å². The van der Waals surface area contributed by atoms with E-state index >= 15 is 0 Å². The summed E-state index contributed by atoms with van der Waals surface area (Å²) in [7, 11) is 0. The summed E-state index contributed by atoms with van der Waals surface area (Å²) in [6, 6.07) is 0. The molecular weight excluding hydrogens is 180 g/mol. The molecule has 0 heterocycles. The van der Waals surface area contributed by atoms with Crippen LogP contribution in [0.2, 0.25) is 0 Å². The average Bonchev–Trinajstić information content (AvgIpc) is 3.02. The molecule has 0 bridgehead atoms. The van der Waals surface area contributed by atoms with E-state index in [4.69, 9.17) is 0 Å². The van der Waals surface area contributed by atoms with Crippen molar-refractivity contribution in [1.82, 2.24) is 0 Å². The van der Waals surface area contributed by atoms with Gasteiger partial charge in [0, 0.05) is 22.3 Å². The fourth-order valence-corrected chi connectivity index (χ4v) is 1.71. The first-order valence-electron chi connectivity index (χ1n) is 4.90. The number of hydrogen-bond donors (Lipinski definition) is 0. The molecule has 0 radical (unpaired) electrons. The molecule has 0 aromatic rings. The Morgan fingerprint density at radius 1 is 0.600 bits per heavy atom. The standard InChI is InChI=1S/C15H8/c1-2-6-12(5-1)14-9-10-15(11-14)13-7-3-4-8-13/h1-5,7,9-10H. The maximum absolute atomic E-state index is 3.36. The second-order valence-corrected chi connectivity index (χ2v) is 3.45. The second kappa shape index (κ2) is 3.17. The highest BCUT2D eigenvalue weighted by Gasteiger charge is 2.08. The summed E-state index contributed by atoms with van der Waals surface area (Å²) in [4.78, 5) is 0. The Kier molecular flexibility index (Phi) is 1.72. The largest absolute Gasteiger partial charge is 0.112 e. The van der Waals surface area contributed by atoms with Crippen LogP contribution in [0.3, 0.4) is 0 Å². The van der Waals surface area contributed by atoms with Crippen molar-refractivity contribution in [3.63, 3.8) is 0 Å². The van der Waals surface area contributed by atoms with E-state index in [9.17, 15) is 0 Å². The van der Waals surface area contributed by atoms with Crippen LogP contribution in [0, 0.1) is 0 Å². The molecule has 0 atom stereocenters. The van der Waals surface area contributed by atoms with Crippen LogP contribution < -0.4 is 0 Å². The summed E-state index contributed by atoms with van der Waals surface area (Å²) in [6.45, 7) is 0. The summed E-state index contributed by atoms with van der Waals surface area (Å²) in [6.07, 6.45) is 16.1. The molecule has 3 rings (SSSR count). The van der Waals surface area contributed by atoms with Crippen molar-refractivity contribution in [2.24, 2.45) is 0 Å². The van der Waals surface area contributed by atoms with E-state index in [2.05, 4.69) is 29.3 Å². The third-order valence-electron chi connectivity index (χ3n) is 2.46. The number of rotatable bonds is 2. The molecule has 0 unspecified atom stereocenters. The molecule has 0 aromatic heterocycles. The Labute approximate surface area is 88.6 Å². The van der Waals surface area contributed by atoms with Crippen LogP contribution in [0.15, 0.2) is 88.1 Å². The van der Waals surface area contributed by atoms with Crippen LogP contribution >= 0.6 is 0 Å². The molecular formula is C15H8. The Hall–Kier alpha value is -2.22. The molecule has 15 heavy (non-hydrogen) atoms. The first kappa shape index (κ1) is 8.12. The van der Waals surface area contributed by atoms with Crippen LogP contribution in [0.5, 0.6) is 0 Å². The topological polar surface area (TPSA) is 0 Å². The van der Waals surface area contributed by atoms with E-state index in [1.807, 2.05) is 36.5 Å². The van der Waals surface area contributed by atoms with Gasteiger partial charge in [0.2, 0.25) is 0 Å². The van der Waals surface area contributed by atoms with Gasteiger partial charge in [-0.05, 0) is 36.5 Å². The molecule has 0 amide bonds. The van der Waals surface area contributed by atoms with Crippen LogP contribution in [0.1, 0.15) is 0 Å². The predicted molar refractivity (Wildman–Crippen MR) is 61.2 cm³/mol. The third kappa shape index (κ3) is 1.36. The highest BCUT2D eigenvalue weighted by Crippen LogP contribution is 2.24. The Balaban J connectivity index is 2.07. The van der Waals surface area contributed by atoms with Crippen LogP contribution in [0.4, 0.5) is 0 Å². The Bertz CT molecular complexity index is 557. The average molecular weight is 188 g/mol. The van der Waals surface area contributed by atoms with E-state index in [0.29, 0.717) is 0 Å². The molecule has 0 aliphatic heterocycles. The SMILES string of the molecule is C1=CC=CC=1C1=C=C(C2=C=CC=C2)C=C1. The molecule has 3 aliphatic carbocycles. The minimum absolute atomic E-state index is 1.10. The molecule has 0 fully saturated rings. The van der Waals surface area contributed by atoms with E-state index in [-0.39, 0.29) is 0 Å². The molecule has 0 saturated carbocycles. The number of allylic oxidation sites excluding steroid dienone is 9. The molecule has 0 nitrogen and oxygen atoms in total. The fraction of sp³-hybridized carbons (Fsp3) is 0. The van der Waals surface area contributed by atoms with Crippen LogP contribution in [-0.4, -0.2) is 0 Å². The van der Waals surface area contributed by atoms with Gasteiger partial charge in [-0.15, -0.1) is 17.2 Å². The van der Waals surface area contributed by atoms with Crippen molar-refractivity contribution in [2.75, 3.05) is 0 Å². The molecule has 0 N–H and O–H groups in total. The van der Waals surface area contributed by atoms with Gasteiger partial charge in [-0.3, -0.25) is 0 Å². The smallest absolute Gasteiger partial charge is 0.0322 e. The summed E-state index contributed by atoms with van der Waals surface area (Å²) in [5, 5.41) is 0. The fourth-order valence-electron chi connectivity index (χ4n) is 1.71. The maximum Gasteiger partial charge on any atom is 0.0322 e. The quantitative estimate of drug-likeness (QED) is 0.583. The highest BCUT2D eigenvalue weighted by atomic mass is 14.1. The monoisotopic (exact) mass is 188 g/mol.